The van der Waals surface area contributed by atoms with Crippen molar-refractivity contribution in [2.24, 2.45) is 5.73 Å². The summed E-state index contributed by atoms with van der Waals surface area (Å²) < 4.78 is 0. The van der Waals surface area contributed by atoms with Crippen LogP contribution in [-0.4, -0.2) is 42.3 Å². The molecule has 3 N–H and O–H groups in total. The number of rotatable bonds is 2. The Hall–Kier alpha value is -0.120. The third-order valence-electron chi connectivity index (χ3n) is 2.59. The molecule has 1 fully saturated rings. The zero-order chi connectivity index (χ0) is 10.3. The summed E-state index contributed by atoms with van der Waals surface area (Å²) >= 11 is 0. The zero-order valence-electron chi connectivity index (χ0n) is 9.21. The highest BCUT2D eigenvalue weighted by molar-refractivity contribution is 4.88. The molecule has 0 radical (unpaired) electrons. The van der Waals surface area contributed by atoms with Gasteiger partial charge in [-0.1, -0.05) is 13.8 Å². The van der Waals surface area contributed by atoms with Crippen molar-refractivity contribution in [2.45, 2.75) is 38.6 Å². The van der Waals surface area contributed by atoms with Gasteiger partial charge in [-0.2, -0.15) is 0 Å². The van der Waals surface area contributed by atoms with E-state index in [2.05, 4.69) is 11.9 Å². The molecule has 13 heavy (non-hydrogen) atoms. The molecule has 0 aromatic heterocycles. The molecule has 0 aromatic rings. The summed E-state index contributed by atoms with van der Waals surface area (Å²) in [5.74, 6) is 0. The van der Waals surface area contributed by atoms with Gasteiger partial charge in [0.05, 0.1) is 0 Å². The molecule has 3 nitrogen and oxygen atoms in total. The van der Waals surface area contributed by atoms with Crippen LogP contribution >= 0.6 is 0 Å². The maximum Gasteiger partial charge on any atom is 0.0448 e. The number of nitrogens with two attached hydrogens (primary N) is 1. The fourth-order valence-corrected chi connectivity index (χ4v) is 1.54. The molecule has 0 saturated carbocycles. The standard InChI is InChI=1S/C8H18N2O.C2H6/c1-10-5-2-8(9,3-6-10)4-7-11;1-2/h11H,2-7,9H2,1H3;1-2H3. The minimum atomic E-state index is -0.0821. The van der Waals surface area contributed by atoms with Gasteiger partial charge in [-0.05, 0) is 39.4 Å². The van der Waals surface area contributed by atoms with Crippen LogP contribution in [-0.2, 0) is 0 Å². The fraction of sp³-hybridized carbons (Fsp3) is 1.00. The van der Waals surface area contributed by atoms with Crippen LogP contribution in [0.2, 0.25) is 0 Å². The highest BCUT2D eigenvalue weighted by atomic mass is 16.3. The molecule has 0 atom stereocenters. The molecule has 1 rings (SSSR count). The summed E-state index contributed by atoms with van der Waals surface area (Å²) in [6, 6.07) is 0. The molecule has 1 aliphatic rings. The van der Waals surface area contributed by atoms with Crippen LogP contribution in [0.5, 0.6) is 0 Å². The first-order valence-electron chi connectivity index (χ1n) is 5.25. The van der Waals surface area contributed by atoms with Gasteiger partial charge in [-0.15, -0.1) is 0 Å². The van der Waals surface area contributed by atoms with Crippen molar-refractivity contribution < 1.29 is 5.11 Å². The number of aliphatic hydroxyl groups excluding tert-OH is 1. The Labute approximate surface area is 81.9 Å². The van der Waals surface area contributed by atoms with Crippen LogP contribution in [0.15, 0.2) is 0 Å². The van der Waals surface area contributed by atoms with Crippen LogP contribution in [0, 0.1) is 0 Å². The predicted octanol–water partition coefficient (Wildman–Crippen LogP) is 0.818. The molecule has 0 unspecified atom stereocenters. The minimum Gasteiger partial charge on any atom is -0.396 e. The van der Waals surface area contributed by atoms with Crippen LogP contribution in [0.1, 0.15) is 33.1 Å². The smallest absolute Gasteiger partial charge is 0.0448 e. The Morgan fingerprint density at radius 3 is 2.15 bits per heavy atom. The van der Waals surface area contributed by atoms with Gasteiger partial charge in [0.1, 0.15) is 0 Å². The van der Waals surface area contributed by atoms with E-state index in [1.807, 2.05) is 13.8 Å². The number of likely N-dealkylation sites (tertiary alicyclic amines) is 1. The molecule has 0 bridgehead atoms. The lowest BCUT2D eigenvalue weighted by molar-refractivity contribution is 0.153. The lowest BCUT2D eigenvalue weighted by Gasteiger charge is -2.37. The summed E-state index contributed by atoms with van der Waals surface area (Å²) in [7, 11) is 2.11. The van der Waals surface area contributed by atoms with E-state index in [1.54, 1.807) is 0 Å². The molecular formula is C10H24N2O. The molecule has 0 spiro atoms. The molecule has 80 valence electrons. The number of piperidine rings is 1. The van der Waals surface area contributed by atoms with E-state index in [0.29, 0.717) is 0 Å². The van der Waals surface area contributed by atoms with E-state index in [4.69, 9.17) is 10.8 Å². The monoisotopic (exact) mass is 188 g/mol. The molecule has 0 aliphatic carbocycles. The summed E-state index contributed by atoms with van der Waals surface area (Å²) in [4.78, 5) is 2.28. The van der Waals surface area contributed by atoms with E-state index in [1.165, 1.54) is 0 Å². The first-order valence-corrected chi connectivity index (χ1v) is 5.25. The molecule has 1 aliphatic heterocycles. The van der Waals surface area contributed by atoms with E-state index in [0.717, 1.165) is 32.4 Å². The number of nitrogens with zero attached hydrogens (tertiary/aromatic N) is 1. The highest BCUT2D eigenvalue weighted by Crippen LogP contribution is 2.21. The van der Waals surface area contributed by atoms with Gasteiger partial charge in [0.15, 0.2) is 0 Å². The molecule has 0 amide bonds. The Bertz CT molecular complexity index is 120. The third-order valence-corrected chi connectivity index (χ3v) is 2.59. The molecule has 3 heteroatoms. The maximum atomic E-state index is 8.76. The van der Waals surface area contributed by atoms with E-state index in [9.17, 15) is 0 Å². The Balaban J connectivity index is 0.000000671. The Morgan fingerprint density at radius 1 is 1.31 bits per heavy atom. The van der Waals surface area contributed by atoms with Crippen LogP contribution in [0.3, 0.4) is 0 Å². The van der Waals surface area contributed by atoms with E-state index < -0.39 is 0 Å². The van der Waals surface area contributed by atoms with Crippen molar-refractivity contribution >= 4 is 0 Å². The fourth-order valence-electron chi connectivity index (χ4n) is 1.54. The molecule has 1 saturated heterocycles. The summed E-state index contributed by atoms with van der Waals surface area (Å²) in [5, 5.41) is 8.76. The third kappa shape index (κ3) is 4.60. The number of hydrogen-bond donors (Lipinski definition) is 2. The second kappa shape index (κ2) is 6.35. The van der Waals surface area contributed by atoms with Crippen molar-refractivity contribution in [1.82, 2.24) is 4.90 Å². The molecular weight excluding hydrogens is 164 g/mol. The van der Waals surface area contributed by atoms with Gasteiger partial charge < -0.3 is 15.7 Å². The SMILES string of the molecule is CC.CN1CCC(N)(CCO)CC1. The second-order valence-electron chi connectivity index (χ2n) is 3.64. The molecule has 0 aromatic carbocycles. The maximum absolute atomic E-state index is 8.76. The summed E-state index contributed by atoms with van der Waals surface area (Å²) in [6.45, 7) is 6.35. The predicted molar refractivity (Wildman–Crippen MR) is 56.7 cm³/mol. The van der Waals surface area contributed by atoms with Gasteiger partial charge in [-0.25, -0.2) is 0 Å². The second-order valence-corrected chi connectivity index (χ2v) is 3.64. The number of hydrogen-bond acceptors (Lipinski definition) is 3. The van der Waals surface area contributed by atoms with E-state index >= 15 is 0 Å². The van der Waals surface area contributed by atoms with Gasteiger partial charge in [0, 0.05) is 12.1 Å². The lowest BCUT2D eigenvalue weighted by Crippen LogP contribution is -2.49. The van der Waals surface area contributed by atoms with Crippen LogP contribution in [0.4, 0.5) is 0 Å². The van der Waals surface area contributed by atoms with Crippen molar-refractivity contribution in [3.8, 4) is 0 Å². The van der Waals surface area contributed by atoms with E-state index in [-0.39, 0.29) is 12.1 Å². The van der Waals surface area contributed by atoms with Crippen molar-refractivity contribution in [2.75, 3.05) is 26.7 Å². The summed E-state index contributed by atoms with van der Waals surface area (Å²) in [5.41, 5.74) is 5.96. The van der Waals surface area contributed by atoms with Crippen molar-refractivity contribution in [3.05, 3.63) is 0 Å². The van der Waals surface area contributed by atoms with Crippen molar-refractivity contribution in [3.63, 3.8) is 0 Å². The van der Waals surface area contributed by atoms with Crippen LogP contribution < -0.4 is 5.73 Å². The zero-order valence-corrected chi connectivity index (χ0v) is 9.21. The van der Waals surface area contributed by atoms with Gasteiger partial charge in [0.2, 0.25) is 0 Å². The largest absolute Gasteiger partial charge is 0.396 e. The van der Waals surface area contributed by atoms with Gasteiger partial charge >= 0.3 is 0 Å². The van der Waals surface area contributed by atoms with Crippen LogP contribution in [0.25, 0.3) is 0 Å². The first-order chi connectivity index (χ1) is 6.16. The quantitative estimate of drug-likeness (QED) is 0.674. The lowest BCUT2D eigenvalue weighted by atomic mass is 9.86. The van der Waals surface area contributed by atoms with Gasteiger partial charge in [0.25, 0.3) is 0 Å². The first kappa shape index (κ1) is 12.9. The normalized spacial score (nSPS) is 21.9. The topological polar surface area (TPSA) is 49.5 Å². The van der Waals surface area contributed by atoms with Crippen molar-refractivity contribution in [1.29, 1.82) is 0 Å². The van der Waals surface area contributed by atoms with Gasteiger partial charge in [-0.3, -0.25) is 0 Å². The average molecular weight is 188 g/mol. The summed E-state index contributed by atoms with van der Waals surface area (Å²) in [6.07, 6.45) is 2.79. The average Bonchev–Trinajstić information content (AvgIpc) is 2.15. The Kier molecular flexibility index (Phi) is 6.29. The highest BCUT2D eigenvalue weighted by Gasteiger charge is 2.28. The number of aliphatic hydroxyl groups is 1. The Morgan fingerprint density at radius 2 is 1.77 bits per heavy atom. The minimum absolute atomic E-state index is 0.0821. The molecule has 1 heterocycles.